The van der Waals surface area contributed by atoms with E-state index in [2.05, 4.69) is 25.2 Å². The van der Waals surface area contributed by atoms with Crippen LogP contribution in [-0.4, -0.2) is 106 Å². The van der Waals surface area contributed by atoms with Crippen molar-refractivity contribution in [2.45, 2.75) is 60.1 Å². The zero-order valence-electron chi connectivity index (χ0n) is 31.2. The number of hydrogen-bond acceptors (Lipinski definition) is 11. The number of carbonyl (C=O) groups is 5. The first-order valence-electron chi connectivity index (χ1n) is 16.8. The number of carboxylic acid groups (broad SMARTS) is 5. The van der Waals surface area contributed by atoms with Crippen LogP contribution in [0.1, 0.15) is 73.3 Å². The van der Waals surface area contributed by atoms with E-state index in [1.54, 1.807) is 31.3 Å². The minimum atomic E-state index is -4.68. The zero-order chi connectivity index (χ0) is 43.2. The van der Waals surface area contributed by atoms with Crippen LogP contribution in [0.2, 0.25) is 0 Å². The number of rotatable bonds is 8. The van der Waals surface area contributed by atoms with Crippen molar-refractivity contribution in [3.05, 3.63) is 98.0 Å². The van der Waals surface area contributed by atoms with Crippen LogP contribution in [0, 0.1) is 5.92 Å². The standard InChI is InChI=1S/C9H12O2.C8H10O3.C7H6F3NO2.C7H4N2O2S.C6H8N2O2/c1-6(2)7-4-3-5-8(7)9(10)11;1-5-2-3-6(4-9)7(5)8(10)11;1-3-2-11-5(7(8,9)10)4(3)6(12)13;10-7(11)6-9-4-2-1-3-8-5(4)12-6;1-2-5-4(6(9)10)3-7-8-5/h3,5-6H,4H2,1-2H3,(H,10,11);2,9H,3-4H2,1H3,(H,10,11);2H2,1H3,(H,12,13);1-3H,(H,10,11);3H,2H2,1H3,(H,7,8)(H,9,10). The average molecular weight is 820 g/mol. The van der Waals surface area contributed by atoms with Crippen LogP contribution in [0.25, 0.3) is 10.3 Å². The quantitative estimate of drug-likeness (QED) is 0.134. The van der Waals surface area contributed by atoms with E-state index in [9.17, 15) is 37.1 Å². The molecule has 0 bridgehead atoms. The number of nitrogens with one attached hydrogen (secondary N) is 1. The number of allylic oxidation sites excluding steroid dienone is 3. The molecule has 306 valence electrons. The number of thiazole rings is 1. The first-order valence-corrected chi connectivity index (χ1v) is 17.6. The number of aliphatic hydroxyl groups is 1. The minimum Gasteiger partial charge on any atom is -0.478 e. The maximum Gasteiger partial charge on any atom is 0.433 e. The molecule has 0 unspecified atom stereocenters. The van der Waals surface area contributed by atoms with Gasteiger partial charge < -0.3 is 30.6 Å². The predicted octanol–water partition coefficient (Wildman–Crippen LogP) is 6.16. The van der Waals surface area contributed by atoms with Crippen LogP contribution in [0.15, 0.2) is 86.8 Å². The number of alkyl halides is 3. The Balaban J connectivity index is 0.000000247. The first kappa shape index (κ1) is 46.9. The van der Waals surface area contributed by atoms with Gasteiger partial charge in [-0.1, -0.05) is 50.3 Å². The van der Waals surface area contributed by atoms with E-state index in [1.807, 2.05) is 32.9 Å². The summed E-state index contributed by atoms with van der Waals surface area (Å²) in [5, 5.41) is 58.1. The van der Waals surface area contributed by atoms with Gasteiger partial charge >= 0.3 is 36.0 Å². The summed E-state index contributed by atoms with van der Waals surface area (Å²) in [6.07, 6.45) is 5.72. The summed E-state index contributed by atoms with van der Waals surface area (Å²) >= 11 is 1.08. The Morgan fingerprint density at radius 1 is 0.930 bits per heavy atom. The van der Waals surface area contributed by atoms with Crippen molar-refractivity contribution in [2.75, 3.05) is 13.2 Å². The van der Waals surface area contributed by atoms with Crippen molar-refractivity contribution in [3.8, 4) is 0 Å². The SMILES string of the molecule is CC(C)C1=C(C(=O)O)C=CC1.CC1=C(C(=O)O)C(C(F)(F)F)=NC1.CC1=CCC(CO)=C1C(=O)O.CCc1[nH]ncc1C(=O)O.O=C(O)c1nc2cccnc2s1. The molecule has 3 aromatic heterocycles. The molecule has 0 atom stereocenters. The number of aliphatic imine (C=N–C) groups is 1. The van der Waals surface area contributed by atoms with Crippen LogP contribution in [0.5, 0.6) is 0 Å². The molecule has 0 saturated carbocycles. The molecule has 4 heterocycles. The van der Waals surface area contributed by atoms with E-state index in [1.165, 1.54) is 13.1 Å². The van der Waals surface area contributed by atoms with Crippen molar-refractivity contribution in [2.24, 2.45) is 10.9 Å². The number of aromatic carboxylic acids is 2. The Labute approximate surface area is 326 Å². The Kier molecular flexibility index (Phi) is 17.4. The van der Waals surface area contributed by atoms with Gasteiger partial charge in [-0.05, 0) is 73.5 Å². The van der Waals surface area contributed by atoms with Crippen LogP contribution in [0.3, 0.4) is 0 Å². The van der Waals surface area contributed by atoms with E-state index >= 15 is 0 Å². The molecule has 20 heteroatoms. The topological polar surface area (TPSA) is 274 Å². The second-order valence-electron chi connectivity index (χ2n) is 12.2. The summed E-state index contributed by atoms with van der Waals surface area (Å²) in [7, 11) is 0. The molecular formula is C37H40F3N5O11S. The second-order valence-corrected chi connectivity index (χ2v) is 13.2. The van der Waals surface area contributed by atoms with Crippen molar-refractivity contribution < 1.29 is 67.8 Å². The van der Waals surface area contributed by atoms with Crippen LogP contribution in [0.4, 0.5) is 13.2 Å². The molecule has 16 nitrogen and oxygen atoms in total. The van der Waals surface area contributed by atoms with Gasteiger partial charge in [-0.25, -0.2) is 33.9 Å². The fraction of sp³-hybridized carbons (Fsp3) is 0.324. The molecule has 2 aliphatic carbocycles. The number of pyridine rings is 1. The molecule has 0 radical (unpaired) electrons. The summed E-state index contributed by atoms with van der Waals surface area (Å²) < 4.78 is 36.3. The van der Waals surface area contributed by atoms with Crippen LogP contribution >= 0.6 is 11.3 Å². The highest BCUT2D eigenvalue weighted by Gasteiger charge is 2.43. The largest absolute Gasteiger partial charge is 0.478 e. The third-order valence-corrected chi connectivity index (χ3v) is 8.94. The van der Waals surface area contributed by atoms with Gasteiger partial charge in [0.1, 0.15) is 15.9 Å². The van der Waals surface area contributed by atoms with Gasteiger partial charge in [0.05, 0.1) is 36.1 Å². The number of aromatic amines is 1. The normalized spacial score (nSPS) is 14.4. The molecule has 1 aliphatic heterocycles. The highest BCUT2D eigenvalue weighted by Crippen LogP contribution is 2.29. The Hall–Kier alpha value is -6.28. The number of halogens is 3. The van der Waals surface area contributed by atoms with E-state index in [4.69, 9.17) is 30.6 Å². The van der Waals surface area contributed by atoms with Gasteiger partial charge in [0.2, 0.25) is 5.01 Å². The summed E-state index contributed by atoms with van der Waals surface area (Å²) in [6, 6.07) is 3.47. The Morgan fingerprint density at radius 2 is 1.58 bits per heavy atom. The van der Waals surface area contributed by atoms with E-state index < -0.39 is 47.3 Å². The molecule has 0 amide bonds. The third-order valence-electron chi connectivity index (χ3n) is 7.97. The molecule has 0 fully saturated rings. The molecule has 57 heavy (non-hydrogen) atoms. The number of aliphatic hydroxyl groups excluding tert-OH is 1. The van der Waals surface area contributed by atoms with Crippen molar-refractivity contribution in [1.82, 2.24) is 20.2 Å². The summed E-state index contributed by atoms with van der Waals surface area (Å²) in [6.45, 7) is 8.64. The lowest BCUT2D eigenvalue weighted by molar-refractivity contribution is -0.133. The molecule has 0 aromatic carbocycles. The fourth-order valence-electron chi connectivity index (χ4n) is 5.20. The van der Waals surface area contributed by atoms with Gasteiger partial charge in [0.25, 0.3) is 0 Å². The van der Waals surface area contributed by atoms with Crippen LogP contribution < -0.4 is 0 Å². The number of fused-ring (bicyclic) bond motifs is 1. The molecule has 6 rings (SSSR count). The Morgan fingerprint density at radius 3 is 2.00 bits per heavy atom. The van der Waals surface area contributed by atoms with Crippen molar-refractivity contribution >= 4 is 57.2 Å². The lowest BCUT2D eigenvalue weighted by Crippen LogP contribution is -2.27. The van der Waals surface area contributed by atoms with Crippen LogP contribution in [-0.2, 0) is 20.8 Å². The Bertz CT molecular complexity index is 2160. The van der Waals surface area contributed by atoms with E-state index in [-0.39, 0.29) is 34.9 Å². The molecule has 3 aliphatic rings. The number of nitrogens with zero attached hydrogens (tertiary/aromatic N) is 4. The maximum atomic E-state index is 12.1. The highest BCUT2D eigenvalue weighted by molar-refractivity contribution is 7.19. The summed E-state index contributed by atoms with van der Waals surface area (Å²) in [5.74, 6) is -4.91. The van der Waals surface area contributed by atoms with Gasteiger partial charge in [-0.3, -0.25) is 10.1 Å². The first-order chi connectivity index (χ1) is 26.7. The monoisotopic (exact) mass is 819 g/mol. The molecule has 3 aromatic rings. The molecule has 0 saturated heterocycles. The van der Waals surface area contributed by atoms with Gasteiger partial charge in [0.15, 0.2) is 5.71 Å². The number of aryl methyl sites for hydroxylation is 1. The van der Waals surface area contributed by atoms with Gasteiger partial charge in [-0.15, -0.1) is 0 Å². The molecule has 7 N–H and O–H groups in total. The summed E-state index contributed by atoms with van der Waals surface area (Å²) in [4.78, 5) is 64.1. The minimum absolute atomic E-state index is 0.0868. The van der Waals surface area contributed by atoms with Gasteiger partial charge in [0, 0.05) is 11.9 Å². The predicted molar refractivity (Wildman–Crippen MR) is 201 cm³/mol. The number of hydrogen-bond donors (Lipinski definition) is 7. The number of aromatic nitrogens is 4. The average Bonchev–Trinajstić information content (AvgIpc) is 3.97. The smallest absolute Gasteiger partial charge is 0.433 e. The molecular weight excluding hydrogens is 779 g/mol. The highest BCUT2D eigenvalue weighted by atomic mass is 32.1. The lowest BCUT2D eigenvalue weighted by Gasteiger charge is -2.07. The third kappa shape index (κ3) is 13.2. The van der Waals surface area contributed by atoms with E-state index in [0.29, 0.717) is 45.9 Å². The van der Waals surface area contributed by atoms with Crippen molar-refractivity contribution in [3.63, 3.8) is 0 Å². The number of carboxylic acids is 5. The van der Waals surface area contributed by atoms with Gasteiger partial charge in [-0.2, -0.15) is 18.3 Å². The lowest BCUT2D eigenvalue weighted by atomic mass is 9.99. The second kappa shape index (κ2) is 21.1. The fourth-order valence-corrected chi connectivity index (χ4v) is 5.95. The van der Waals surface area contributed by atoms with E-state index in [0.717, 1.165) is 28.9 Å². The molecule has 0 spiro atoms. The van der Waals surface area contributed by atoms with Crippen molar-refractivity contribution in [1.29, 1.82) is 0 Å². The number of H-pyrrole nitrogens is 1. The number of aliphatic carboxylic acids is 3. The zero-order valence-corrected chi connectivity index (χ0v) is 32.0. The summed E-state index contributed by atoms with van der Waals surface area (Å²) in [5.41, 5.74) is 2.89. The maximum absolute atomic E-state index is 12.1.